The normalized spacial score (nSPS) is 14.4. The number of hydrogen-bond donors (Lipinski definition) is 2. The Labute approximate surface area is 209 Å². The van der Waals surface area contributed by atoms with E-state index in [0.29, 0.717) is 46.1 Å². The van der Waals surface area contributed by atoms with Crippen molar-refractivity contribution in [2.75, 3.05) is 39.5 Å². The number of aliphatic imine (C=N–C) groups is 1. The van der Waals surface area contributed by atoms with Crippen LogP contribution in [0.15, 0.2) is 29.3 Å². The van der Waals surface area contributed by atoms with Crippen molar-refractivity contribution in [2.24, 2.45) is 4.99 Å². The second-order valence-electron chi connectivity index (χ2n) is 8.49. The van der Waals surface area contributed by atoms with Crippen molar-refractivity contribution in [3.8, 4) is 0 Å². The second kappa shape index (κ2) is 14.5. The highest BCUT2D eigenvalue weighted by molar-refractivity contribution is 14.0. The summed E-state index contributed by atoms with van der Waals surface area (Å²) in [6.45, 7) is 14.6. The minimum atomic E-state index is -0.477. The summed E-state index contributed by atoms with van der Waals surface area (Å²) in [5, 5.41) is 6.66. The monoisotopic (exact) mass is 562 g/mol. The molecule has 1 aromatic rings. The van der Waals surface area contributed by atoms with Gasteiger partial charge >= 0.3 is 6.09 Å². The summed E-state index contributed by atoms with van der Waals surface area (Å²) in [7, 11) is 0. The van der Waals surface area contributed by atoms with Gasteiger partial charge in [-0.2, -0.15) is 0 Å². The summed E-state index contributed by atoms with van der Waals surface area (Å²) in [6, 6.07) is 8.41. The topological polar surface area (TPSA) is 84.4 Å². The highest BCUT2D eigenvalue weighted by Crippen LogP contribution is 2.15. The lowest BCUT2D eigenvalue weighted by Crippen LogP contribution is -2.63. The number of hydrogen-bond acceptors (Lipinski definition) is 5. The molecule has 2 N–H and O–H groups in total. The minimum absolute atomic E-state index is 0. The Balaban J connectivity index is 0.00000512. The van der Waals surface area contributed by atoms with Crippen LogP contribution in [-0.2, 0) is 27.4 Å². The van der Waals surface area contributed by atoms with Crippen LogP contribution in [0, 0.1) is 0 Å². The Morgan fingerprint density at radius 3 is 2.50 bits per heavy atom. The number of likely N-dealkylation sites (tertiary alicyclic amines) is 1. The molecule has 0 atom stereocenters. The summed E-state index contributed by atoms with van der Waals surface area (Å²) in [5.41, 5.74) is 1.76. The molecule has 1 fully saturated rings. The largest absolute Gasteiger partial charge is 0.444 e. The Morgan fingerprint density at radius 1 is 1.16 bits per heavy atom. The van der Waals surface area contributed by atoms with Gasteiger partial charge in [0, 0.05) is 26.2 Å². The van der Waals surface area contributed by atoms with Crippen molar-refractivity contribution in [1.82, 2.24) is 15.5 Å². The van der Waals surface area contributed by atoms with E-state index in [1.54, 1.807) is 4.90 Å². The van der Waals surface area contributed by atoms with Gasteiger partial charge in [-0.3, -0.25) is 0 Å². The Bertz CT molecular complexity index is 718. The van der Waals surface area contributed by atoms with E-state index in [0.717, 1.165) is 23.6 Å². The SMILES string of the molecule is CCNC(=NCc1cccc(COCCOCC)c1)NC1CN(C(=O)OC(C)(C)C)C1.I. The molecule has 0 aromatic heterocycles. The first kappa shape index (κ1) is 28.4. The third-order valence-electron chi connectivity index (χ3n) is 4.47. The fraction of sp³-hybridized carbons (Fsp3) is 0.652. The number of nitrogens with zero attached hydrogens (tertiary/aromatic N) is 2. The molecule has 1 aliphatic heterocycles. The molecular weight excluding hydrogens is 523 g/mol. The van der Waals surface area contributed by atoms with Crippen molar-refractivity contribution < 1.29 is 19.0 Å². The predicted octanol–water partition coefficient (Wildman–Crippen LogP) is 3.53. The highest BCUT2D eigenvalue weighted by atomic mass is 127. The quantitative estimate of drug-likeness (QED) is 0.197. The smallest absolute Gasteiger partial charge is 0.410 e. The number of guanidine groups is 1. The molecule has 0 radical (unpaired) electrons. The molecule has 1 heterocycles. The van der Waals surface area contributed by atoms with Crippen LogP contribution in [0.25, 0.3) is 0 Å². The molecule has 0 spiro atoms. The van der Waals surface area contributed by atoms with Crippen LogP contribution in [0.4, 0.5) is 4.79 Å². The lowest BCUT2D eigenvalue weighted by Gasteiger charge is -2.40. The molecule has 32 heavy (non-hydrogen) atoms. The van der Waals surface area contributed by atoms with Crippen molar-refractivity contribution >= 4 is 36.0 Å². The van der Waals surface area contributed by atoms with E-state index in [4.69, 9.17) is 19.2 Å². The van der Waals surface area contributed by atoms with Crippen LogP contribution in [0.3, 0.4) is 0 Å². The third-order valence-corrected chi connectivity index (χ3v) is 4.47. The van der Waals surface area contributed by atoms with Crippen LogP contribution in [0.5, 0.6) is 0 Å². The molecule has 8 nitrogen and oxygen atoms in total. The first-order chi connectivity index (χ1) is 14.8. The number of ether oxygens (including phenoxy) is 3. The highest BCUT2D eigenvalue weighted by Gasteiger charge is 2.34. The molecular formula is C23H39IN4O4. The van der Waals surface area contributed by atoms with E-state index in [9.17, 15) is 4.79 Å². The van der Waals surface area contributed by atoms with Crippen LogP contribution >= 0.6 is 24.0 Å². The number of carbonyl (C=O) groups is 1. The summed E-state index contributed by atoms with van der Waals surface area (Å²) in [4.78, 5) is 18.5. The summed E-state index contributed by atoms with van der Waals surface area (Å²) in [6.07, 6.45) is -0.271. The van der Waals surface area contributed by atoms with E-state index in [1.165, 1.54) is 0 Å². The average molecular weight is 562 g/mol. The van der Waals surface area contributed by atoms with Gasteiger partial charge in [-0.1, -0.05) is 24.3 Å². The number of benzene rings is 1. The summed E-state index contributed by atoms with van der Waals surface area (Å²) in [5.74, 6) is 0.745. The number of halogens is 1. The molecule has 2 rings (SSSR count). The van der Waals surface area contributed by atoms with Gasteiger partial charge in [-0.05, 0) is 45.7 Å². The van der Waals surface area contributed by atoms with Crippen molar-refractivity contribution in [1.29, 1.82) is 0 Å². The molecule has 1 amide bonds. The van der Waals surface area contributed by atoms with Crippen LogP contribution < -0.4 is 10.6 Å². The van der Waals surface area contributed by atoms with Crippen LogP contribution in [-0.4, -0.2) is 68.1 Å². The van der Waals surface area contributed by atoms with Crippen molar-refractivity contribution in [3.05, 3.63) is 35.4 Å². The Hall–Kier alpha value is -1.59. The van der Waals surface area contributed by atoms with E-state index in [2.05, 4.69) is 28.8 Å². The van der Waals surface area contributed by atoms with Crippen LogP contribution in [0.2, 0.25) is 0 Å². The zero-order valence-electron chi connectivity index (χ0n) is 20.0. The lowest BCUT2D eigenvalue weighted by atomic mass is 10.1. The van der Waals surface area contributed by atoms with E-state index < -0.39 is 5.60 Å². The van der Waals surface area contributed by atoms with Gasteiger partial charge in [-0.25, -0.2) is 9.79 Å². The molecule has 1 saturated heterocycles. The van der Waals surface area contributed by atoms with Gasteiger partial charge < -0.3 is 29.7 Å². The molecule has 0 bridgehead atoms. The third kappa shape index (κ3) is 10.8. The standard InChI is InChI=1S/C23H38N4O4.HI/c1-6-24-21(26-20-15-27(16-20)22(28)31-23(3,4)5)25-14-18-9-8-10-19(13-18)17-30-12-11-29-7-2;/h8-10,13,20H,6-7,11-12,14-17H2,1-5H3,(H2,24,25,26);1H. The first-order valence-corrected chi connectivity index (χ1v) is 11.1. The summed E-state index contributed by atoms with van der Waals surface area (Å²) < 4.78 is 16.3. The maximum absolute atomic E-state index is 12.1. The Morgan fingerprint density at radius 2 is 1.84 bits per heavy atom. The molecule has 1 aromatic carbocycles. The lowest BCUT2D eigenvalue weighted by molar-refractivity contribution is 0.00700. The van der Waals surface area contributed by atoms with E-state index in [1.807, 2.05) is 40.7 Å². The van der Waals surface area contributed by atoms with Gasteiger partial charge in [0.2, 0.25) is 0 Å². The number of nitrogens with one attached hydrogen (secondary N) is 2. The number of amides is 1. The zero-order valence-corrected chi connectivity index (χ0v) is 22.3. The van der Waals surface area contributed by atoms with Crippen molar-refractivity contribution in [3.63, 3.8) is 0 Å². The second-order valence-corrected chi connectivity index (χ2v) is 8.49. The molecule has 9 heteroatoms. The van der Waals surface area contributed by atoms with E-state index in [-0.39, 0.29) is 36.1 Å². The molecule has 0 aliphatic carbocycles. The van der Waals surface area contributed by atoms with E-state index >= 15 is 0 Å². The van der Waals surface area contributed by atoms with Gasteiger partial charge in [0.05, 0.1) is 32.4 Å². The van der Waals surface area contributed by atoms with Crippen molar-refractivity contribution in [2.45, 2.75) is 59.4 Å². The molecule has 182 valence electrons. The maximum Gasteiger partial charge on any atom is 0.410 e. The van der Waals surface area contributed by atoms with Gasteiger partial charge in [0.1, 0.15) is 5.60 Å². The summed E-state index contributed by atoms with van der Waals surface area (Å²) >= 11 is 0. The fourth-order valence-corrected chi connectivity index (χ4v) is 3.00. The van der Waals surface area contributed by atoms with Gasteiger partial charge in [0.15, 0.2) is 5.96 Å². The van der Waals surface area contributed by atoms with Gasteiger partial charge in [-0.15, -0.1) is 24.0 Å². The van der Waals surface area contributed by atoms with Gasteiger partial charge in [0.25, 0.3) is 0 Å². The molecule has 0 saturated carbocycles. The zero-order chi connectivity index (χ0) is 22.7. The first-order valence-electron chi connectivity index (χ1n) is 11.1. The Kier molecular flexibility index (Phi) is 12.9. The molecule has 0 unspecified atom stereocenters. The number of rotatable bonds is 10. The fourth-order valence-electron chi connectivity index (χ4n) is 3.00. The molecule has 1 aliphatic rings. The minimum Gasteiger partial charge on any atom is -0.444 e. The van der Waals surface area contributed by atoms with Crippen LogP contribution in [0.1, 0.15) is 45.7 Å². The maximum atomic E-state index is 12.1. The predicted molar refractivity (Wildman–Crippen MR) is 138 cm³/mol. The average Bonchev–Trinajstić information content (AvgIpc) is 2.67. The number of carbonyl (C=O) groups excluding carboxylic acids is 1.